The van der Waals surface area contributed by atoms with E-state index in [9.17, 15) is 8.78 Å². The van der Waals surface area contributed by atoms with E-state index in [1.807, 2.05) is 0 Å². The zero-order valence-corrected chi connectivity index (χ0v) is 9.97. The summed E-state index contributed by atoms with van der Waals surface area (Å²) >= 11 is 8.44. The first-order chi connectivity index (χ1) is 6.58. The van der Waals surface area contributed by atoms with Gasteiger partial charge in [0.15, 0.2) is 5.01 Å². The lowest BCUT2D eigenvalue weighted by Gasteiger charge is -1.93. The molecule has 6 heteroatoms. The molecule has 0 fully saturated rings. The van der Waals surface area contributed by atoms with Crippen LogP contribution in [0.15, 0.2) is 21.5 Å². The van der Waals surface area contributed by atoms with E-state index in [0.29, 0.717) is 10.4 Å². The lowest BCUT2D eigenvalue weighted by atomic mass is 10.3. The summed E-state index contributed by atoms with van der Waals surface area (Å²) in [5, 5.41) is -0.159. The van der Waals surface area contributed by atoms with E-state index in [2.05, 4.69) is 33.5 Å². The second-order valence-corrected chi connectivity index (χ2v) is 5.08. The van der Waals surface area contributed by atoms with Crippen LogP contribution in [0.1, 0.15) is 11.4 Å². The van der Waals surface area contributed by atoms with Crippen LogP contribution in [0.25, 0.3) is 10.2 Å². The number of rotatable bonds is 1. The summed E-state index contributed by atoms with van der Waals surface area (Å²) in [5.41, 5.74) is 0.539. The first kappa shape index (κ1) is 10.3. The Balaban J connectivity index is 2.70. The van der Waals surface area contributed by atoms with Crippen molar-refractivity contribution < 1.29 is 8.78 Å². The maximum absolute atomic E-state index is 12.3. The number of halogens is 3. The molecule has 1 heterocycles. The van der Waals surface area contributed by atoms with E-state index in [4.69, 9.17) is 0 Å². The summed E-state index contributed by atoms with van der Waals surface area (Å²) < 4.78 is 26.2. The Morgan fingerprint density at radius 2 is 2.14 bits per heavy atom. The molecular formula is C8H4BrF2NS2. The van der Waals surface area contributed by atoms with Gasteiger partial charge in [-0.05, 0) is 12.1 Å². The van der Waals surface area contributed by atoms with Crippen molar-refractivity contribution in [1.82, 2.24) is 4.98 Å². The van der Waals surface area contributed by atoms with Gasteiger partial charge in [0.2, 0.25) is 0 Å². The quantitative estimate of drug-likeness (QED) is 0.775. The van der Waals surface area contributed by atoms with Crippen molar-refractivity contribution in [2.75, 3.05) is 0 Å². The second kappa shape index (κ2) is 3.75. The summed E-state index contributed by atoms with van der Waals surface area (Å²) in [7, 11) is 0. The highest BCUT2D eigenvalue weighted by Crippen LogP contribution is 2.34. The van der Waals surface area contributed by atoms with E-state index < -0.39 is 6.43 Å². The molecule has 0 unspecified atom stereocenters. The second-order valence-electron chi connectivity index (χ2n) is 2.62. The van der Waals surface area contributed by atoms with Crippen LogP contribution >= 0.6 is 39.9 Å². The van der Waals surface area contributed by atoms with Crippen molar-refractivity contribution in [3.63, 3.8) is 0 Å². The molecule has 0 amide bonds. The van der Waals surface area contributed by atoms with Crippen LogP contribution in [-0.2, 0) is 0 Å². The van der Waals surface area contributed by atoms with E-state index in [0.717, 1.165) is 20.5 Å². The molecule has 74 valence electrons. The van der Waals surface area contributed by atoms with Gasteiger partial charge in [0.25, 0.3) is 6.43 Å². The highest BCUT2D eigenvalue weighted by Gasteiger charge is 2.14. The van der Waals surface area contributed by atoms with E-state index in [1.165, 1.54) is 0 Å². The fraction of sp³-hybridized carbons (Fsp3) is 0.125. The maximum Gasteiger partial charge on any atom is 0.289 e. The maximum atomic E-state index is 12.3. The molecule has 0 aliphatic carbocycles. The van der Waals surface area contributed by atoms with Crippen molar-refractivity contribution in [1.29, 1.82) is 0 Å². The molecule has 14 heavy (non-hydrogen) atoms. The van der Waals surface area contributed by atoms with Gasteiger partial charge in [-0.25, -0.2) is 13.8 Å². The summed E-state index contributed by atoms with van der Waals surface area (Å²) in [4.78, 5) is 4.43. The molecule has 1 nitrogen and oxygen atoms in total. The molecule has 0 bridgehead atoms. The minimum Gasteiger partial charge on any atom is -0.234 e. The van der Waals surface area contributed by atoms with Gasteiger partial charge in [0, 0.05) is 9.37 Å². The molecule has 0 saturated carbocycles. The molecule has 1 aromatic heterocycles. The number of thiazole rings is 1. The van der Waals surface area contributed by atoms with E-state index in [1.54, 1.807) is 12.1 Å². The third-order valence-electron chi connectivity index (χ3n) is 1.64. The van der Waals surface area contributed by atoms with Gasteiger partial charge in [0.05, 0.1) is 10.2 Å². The minimum absolute atomic E-state index is 0.159. The van der Waals surface area contributed by atoms with Crippen LogP contribution in [0.2, 0.25) is 0 Å². The number of alkyl halides is 2. The highest BCUT2D eigenvalue weighted by molar-refractivity contribution is 9.10. The van der Waals surface area contributed by atoms with Crippen molar-refractivity contribution in [2.24, 2.45) is 0 Å². The molecule has 0 N–H and O–H groups in total. The lowest BCUT2D eigenvalue weighted by molar-refractivity contribution is 0.151. The predicted molar refractivity (Wildman–Crippen MR) is 59.5 cm³/mol. The van der Waals surface area contributed by atoms with Crippen molar-refractivity contribution in [3.8, 4) is 0 Å². The third kappa shape index (κ3) is 1.78. The molecule has 0 atom stereocenters. The Morgan fingerprint density at radius 3 is 2.79 bits per heavy atom. The number of fused-ring (bicyclic) bond motifs is 1. The van der Waals surface area contributed by atoms with Crippen molar-refractivity contribution in [3.05, 3.63) is 21.6 Å². The number of benzene rings is 1. The Kier molecular flexibility index (Phi) is 2.77. The number of aromatic nitrogens is 1. The Labute approximate surface area is 96.7 Å². The lowest BCUT2D eigenvalue weighted by Crippen LogP contribution is -1.80. The number of nitrogens with zero attached hydrogens (tertiary/aromatic N) is 1. The zero-order chi connectivity index (χ0) is 10.3. The average molecular weight is 296 g/mol. The molecule has 1 aromatic carbocycles. The zero-order valence-electron chi connectivity index (χ0n) is 6.67. The Bertz CT molecular complexity index is 483. The van der Waals surface area contributed by atoms with Gasteiger partial charge in [-0.2, -0.15) is 0 Å². The minimum atomic E-state index is -2.51. The molecule has 0 saturated heterocycles. The first-order valence-corrected chi connectivity index (χ1v) is 5.70. The largest absolute Gasteiger partial charge is 0.289 e. The molecule has 0 spiro atoms. The first-order valence-electron chi connectivity index (χ1n) is 3.65. The van der Waals surface area contributed by atoms with Crippen LogP contribution in [0, 0.1) is 0 Å². The molecule has 0 radical (unpaired) electrons. The van der Waals surface area contributed by atoms with Crippen molar-refractivity contribution in [2.45, 2.75) is 11.3 Å². The summed E-state index contributed by atoms with van der Waals surface area (Å²) in [6.45, 7) is 0. The predicted octanol–water partition coefficient (Wildman–Crippen LogP) is 4.29. The standard InChI is InChI=1S/C8H4BrF2NS2/c9-3-1-4(13)6-5(2-3)14-8(12-6)7(10)11/h1-2,7,13H. The van der Waals surface area contributed by atoms with Gasteiger partial charge in [0.1, 0.15) is 0 Å². The molecule has 2 aromatic rings. The van der Waals surface area contributed by atoms with Gasteiger partial charge < -0.3 is 0 Å². The molecule has 2 rings (SSSR count). The monoisotopic (exact) mass is 295 g/mol. The van der Waals surface area contributed by atoms with Crippen LogP contribution in [0.5, 0.6) is 0 Å². The Hall–Kier alpha value is -0.200. The van der Waals surface area contributed by atoms with Crippen LogP contribution in [-0.4, -0.2) is 4.98 Å². The van der Waals surface area contributed by atoms with Gasteiger partial charge in [-0.15, -0.1) is 24.0 Å². The topological polar surface area (TPSA) is 12.9 Å². The summed E-state index contributed by atoms with van der Waals surface area (Å²) in [6, 6.07) is 3.50. The fourth-order valence-corrected chi connectivity index (χ4v) is 3.15. The van der Waals surface area contributed by atoms with Gasteiger partial charge in [-0.1, -0.05) is 15.9 Å². The number of thiol groups is 1. The highest BCUT2D eigenvalue weighted by atomic mass is 79.9. The smallest absolute Gasteiger partial charge is 0.234 e. The molecule has 0 aliphatic heterocycles. The number of hydrogen-bond acceptors (Lipinski definition) is 3. The number of hydrogen-bond donors (Lipinski definition) is 1. The van der Waals surface area contributed by atoms with Gasteiger partial charge in [-0.3, -0.25) is 0 Å². The van der Waals surface area contributed by atoms with E-state index in [-0.39, 0.29) is 5.01 Å². The van der Waals surface area contributed by atoms with Crippen LogP contribution in [0.3, 0.4) is 0 Å². The summed E-state index contributed by atoms with van der Waals surface area (Å²) in [6.07, 6.45) is -2.51. The summed E-state index contributed by atoms with van der Waals surface area (Å²) in [5.74, 6) is 0. The molecular weight excluding hydrogens is 292 g/mol. The Morgan fingerprint density at radius 1 is 1.43 bits per heavy atom. The average Bonchev–Trinajstić information content (AvgIpc) is 2.47. The van der Waals surface area contributed by atoms with Crippen molar-refractivity contribution >= 4 is 50.1 Å². The SMILES string of the molecule is FC(F)c1nc2c(S)cc(Br)cc2s1. The normalized spacial score (nSPS) is 11.5. The van der Waals surface area contributed by atoms with Crippen LogP contribution < -0.4 is 0 Å². The van der Waals surface area contributed by atoms with E-state index >= 15 is 0 Å². The van der Waals surface area contributed by atoms with Crippen LogP contribution in [0.4, 0.5) is 8.78 Å². The fourth-order valence-electron chi connectivity index (χ4n) is 1.09. The molecule has 0 aliphatic rings. The van der Waals surface area contributed by atoms with Gasteiger partial charge >= 0.3 is 0 Å². The third-order valence-corrected chi connectivity index (χ3v) is 3.45.